The average molecular weight is 449 g/mol. The van der Waals surface area contributed by atoms with Crippen molar-refractivity contribution in [1.29, 1.82) is 0 Å². The first-order valence-electron chi connectivity index (χ1n) is 12.9. The Labute approximate surface area is 194 Å². The van der Waals surface area contributed by atoms with Gasteiger partial charge >= 0.3 is 5.97 Å². The summed E-state index contributed by atoms with van der Waals surface area (Å²) in [5.74, 6) is -0.676. The standard InChI is InChI=1S/C27H44O5/c1-18-11-12-20(10-7-14-27(2,3)15-13-19-8-5-4-6-9-19)21(18)16-23-24(32-23)17-22(28)25(29)26(30)31/h19-24,28H,1,4-17H2,2-3H3,(H,30,31)/t20-,21-,22?,23+,24?/m0/s1. The molecule has 5 heteroatoms. The summed E-state index contributed by atoms with van der Waals surface area (Å²) in [6, 6.07) is 0. The molecule has 0 aromatic heterocycles. The van der Waals surface area contributed by atoms with Crippen molar-refractivity contribution in [3.63, 3.8) is 0 Å². The first-order chi connectivity index (χ1) is 15.2. The van der Waals surface area contributed by atoms with Crippen LogP contribution in [-0.4, -0.2) is 40.3 Å². The first-order valence-corrected chi connectivity index (χ1v) is 12.9. The van der Waals surface area contributed by atoms with Crippen LogP contribution in [-0.2, 0) is 14.3 Å². The quantitative estimate of drug-likeness (QED) is 0.215. The normalized spacial score (nSPS) is 29.8. The zero-order valence-electron chi connectivity index (χ0n) is 20.2. The van der Waals surface area contributed by atoms with Crippen LogP contribution >= 0.6 is 0 Å². The number of carboxylic acids is 1. The van der Waals surface area contributed by atoms with Gasteiger partial charge in [0.1, 0.15) is 6.10 Å². The number of carbonyl (C=O) groups is 2. The summed E-state index contributed by atoms with van der Waals surface area (Å²) in [4.78, 5) is 22.1. The van der Waals surface area contributed by atoms with E-state index in [9.17, 15) is 14.7 Å². The Morgan fingerprint density at radius 3 is 2.50 bits per heavy atom. The molecule has 0 radical (unpaired) electrons. The fourth-order valence-electron chi connectivity index (χ4n) is 6.15. The Kier molecular flexibility index (Phi) is 8.97. The monoisotopic (exact) mass is 448 g/mol. The summed E-state index contributed by atoms with van der Waals surface area (Å²) < 4.78 is 5.68. The summed E-state index contributed by atoms with van der Waals surface area (Å²) in [7, 11) is 0. The molecule has 5 atom stereocenters. The molecule has 0 amide bonds. The second-order valence-corrected chi connectivity index (χ2v) is 11.5. The van der Waals surface area contributed by atoms with Gasteiger partial charge in [0, 0.05) is 6.42 Å². The van der Waals surface area contributed by atoms with Gasteiger partial charge < -0.3 is 14.9 Å². The predicted molar refractivity (Wildman–Crippen MR) is 125 cm³/mol. The van der Waals surface area contributed by atoms with Crippen molar-refractivity contribution >= 4 is 11.8 Å². The number of aliphatic hydroxyl groups excluding tert-OH is 1. The number of aliphatic carboxylic acids is 1. The van der Waals surface area contributed by atoms with Crippen LogP contribution in [0.4, 0.5) is 0 Å². The lowest BCUT2D eigenvalue weighted by Crippen LogP contribution is -2.29. The molecule has 2 saturated carbocycles. The van der Waals surface area contributed by atoms with Crippen LogP contribution in [0.25, 0.3) is 0 Å². The van der Waals surface area contributed by atoms with E-state index in [0.29, 0.717) is 17.3 Å². The zero-order chi connectivity index (χ0) is 23.3. The van der Waals surface area contributed by atoms with Gasteiger partial charge in [-0.15, -0.1) is 0 Å². The van der Waals surface area contributed by atoms with Gasteiger partial charge in [0.05, 0.1) is 12.2 Å². The summed E-state index contributed by atoms with van der Waals surface area (Å²) in [5.41, 5.74) is 1.73. The second-order valence-electron chi connectivity index (χ2n) is 11.5. The number of rotatable bonds is 13. The fraction of sp³-hybridized carbons (Fsp3) is 0.852. The van der Waals surface area contributed by atoms with E-state index in [1.807, 2.05) is 0 Å². The molecule has 1 heterocycles. The minimum absolute atomic E-state index is 0.0144. The number of epoxide rings is 1. The van der Waals surface area contributed by atoms with Crippen LogP contribution < -0.4 is 0 Å². The van der Waals surface area contributed by atoms with E-state index in [-0.39, 0.29) is 18.6 Å². The van der Waals surface area contributed by atoms with Crippen LogP contribution in [0.5, 0.6) is 0 Å². The Balaban J connectivity index is 1.37. The van der Waals surface area contributed by atoms with E-state index in [4.69, 9.17) is 9.84 Å². The molecule has 3 aliphatic rings. The number of Topliss-reactive ketones (excluding diaryl/α,β-unsaturated/α-hetero) is 1. The van der Waals surface area contributed by atoms with Crippen molar-refractivity contribution in [3.8, 4) is 0 Å². The number of ketones is 1. The molecule has 2 N–H and O–H groups in total. The van der Waals surface area contributed by atoms with E-state index in [1.54, 1.807) is 0 Å². The second kappa shape index (κ2) is 11.3. The molecule has 0 bridgehead atoms. The minimum atomic E-state index is -1.58. The Bertz CT molecular complexity index is 663. The number of carbonyl (C=O) groups excluding carboxylic acids is 1. The van der Waals surface area contributed by atoms with E-state index >= 15 is 0 Å². The third kappa shape index (κ3) is 7.41. The summed E-state index contributed by atoms with van der Waals surface area (Å²) in [6.07, 6.45) is 15.2. The summed E-state index contributed by atoms with van der Waals surface area (Å²) in [6.45, 7) is 9.18. The fourth-order valence-corrected chi connectivity index (χ4v) is 6.15. The minimum Gasteiger partial charge on any atom is -0.475 e. The van der Waals surface area contributed by atoms with Crippen LogP contribution in [0.1, 0.15) is 104 Å². The van der Waals surface area contributed by atoms with Gasteiger partial charge in [-0.05, 0) is 68.1 Å². The smallest absolute Gasteiger partial charge is 0.374 e. The van der Waals surface area contributed by atoms with Gasteiger partial charge in [0.25, 0.3) is 5.78 Å². The molecule has 1 aliphatic heterocycles. The highest BCUT2D eigenvalue weighted by Gasteiger charge is 2.45. The number of aliphatic hydroxyl groups is 1. The number of carboxylic acid groups (broad SMARTS) is 1. The lowest BCUT2D eigenvalue weighted by Gasteiger charge is -2.29. The maximum Gasteiger partial charge on any atom is 0.374 e. The van der Waals surface area contributed by atoms with Crippen molar-refractivity contribution in [3.05, 3.63) is 12.2 Å². The first kappa shape index (κ1) is 25.4. The molecule has 3 rings (SSSR count). The molecule has 0 aromatic carbocycles. The largest absolute Gasteiger partial charge is 0.475 e. The molecule has 3 fully saturated rings. The molecule has 0 aromatic rings. The molecule has 2 unspecified atom stereocenters. The van der Waals surface area contributed by atoms with Crippen molar-refractivity contribution in [2.45, 2.75) is 122 Å². The van der Waals surface area contributed by atoms with Gasteiger partial charge in [-0.1, -0.05) is 64.5 Å². The highest BCUT2D eigenvalue weighted by Crippen LogP contribution is 2.46. The van der Waals surface area contributed by atoms with Gasteiger partial charge in [-0.3, -0.25) is 4.79 Å². The van der Waals surface area contributed by atoms with Crippen molar-refractivity contribution < 1.29 is 24.5 Å². The average Bonchev–Trinajstić information content (AvgIpc) is 3.40. The SMILES string of the molecule is C=C1CC[C@H](CCCC(C)(C)CCC2CCCCC2)[C@H]1C[C@H]1OC1CC(O)C(=O)C(=O)O. The zero-order valence-corrected chi connectivity index (χ0v) is 20.2. The van der Waals surface area contributed by atoms with Crippen molar-refractivity contribution in [2.24, 2.45) is 23.2 Å². The van der Waals surface area contributed by atoms with Gasteiger partial charge in [0.2, 0.25) is 0 Å². The predicted octanol–water partition coefficient (Wildman–Crippen LogP) is 5.69. The lowest BCUT2D eigenvalue weighted by atomic mass is 9.76. The third-order valence-corrected chi connectivity index (χ3v) is 8.46. The maximum absolute atomic E-state index is 11.4. The highest BCUT2D eigenvalue weighted by atomic mass is 16.6. The van der Waals surface area contributed by atoms with Crippen molar-refractivity contribution in [1.82, 2.24) is 0 Å². The molecule has 182 valence electrons. The molecular weight excluding hydrogens is 404 g/mol. The Morgan fingerprint density at radius 2 is 1.81 bits per heavy atom. The topological polar surface area (TPSA) is 87.1 Å². The third-order valence-electron chi connectivity index (χ3n) is 8.46. The number of ether oxygens (including phenoxy) is 1. The summed E-state index contributed by atoms with van der Waals surface area (Å²) in [5, 5.41) is 18.5. The van der Waals surface area contributed by atoms with Crippen LogP contribution in [0.15, 0.2) is 12.2 Å². The molecular formula is C27H44O5. The molecule has 1 saturated heterocycles. The molecule has 32 heavy (non-hydrogen) atoms. The Hall–Kier alpha value is -1.20. The number of allylic oxidation sites excluding steroid dienone is 1. The van der Waals surface area contributed by atoms with E-state index < -0.39 is 17.9 Å². The van der Waals surface area contributed by atoms with E-state index in [0.717, 1.165) is 18.8 Å². The highest BCUT2D eigenvalue weighted by molar-refractivity contribution is 6.34. The maximum atomic E-state index is 11.4. The van der Waals surface area contributed by atoms with E-state index in [1.165, 1.54) is 76.2 Å². The van der Waals surface area contributed by atoms with Crippen LogP contribution in [0.2, 0.25) is 0 Å². The number of hydrogen-bond donors (Lipinski definition) is 2. The molecule has 2 aliphatic carbocycles. The van der Waals surface area contributed by atoms with E-state index in [2.05, 4.69) is 20.4 Å². The summed E-state index contributed by atoms with van der Waals surface area (Å²) >= 11 is 0. The van der Waals surface area contributed by atoms with Gasteiger partial charge in [-0.25, -0.2) is 4.79 Å². The van der Waals surface area contributed by atoms with Crippen LogP contribution in [0.3, 0.4) is 0 Å². The van der Waals surface area contributed by atoms with Gasteiger partial charge in [-0.2, -0.15) is 0 Å². The number of hydrogen-bond acceptors (Lipinski definition) is 4. The van der Waals surface area contributed by atoms with Crippen LogP contribution in [0, 0.1) is 23.2 Å². The van der Waals surface area contributed by atoms with Gasteiger partial charge in [0.15, 0.2) is 0 Å². The lowest BCUT2D eigenvalue weighted by molar-refractivity contribution is -0.153. The van der Waals surface area contributed by atoms with Crippen molar-refractivity contribution in [2.75, 3.05) is 0 Å². The Morgan fingerprint density at radius 1 is 1.09 bits per heavy atom. The molecule has 5 nitrogen and oxygen atoms in total. The molecule has 0 spiro atoms.